The van der Waals surface area contributed by atoms with Crippen LogP contribution in [0.5, 0.6) is 5.75 Å². The Balaban J connectivity index is 1.82. The van der Waals surface area contributed by atoms with Gasteiger partial charge in [0.25, 0.3) is 0 Å². The monoisotopic (exact) mass is 340 g/mol. The fourth-order valence-electron chi connectivity index (χ4n) is 3.42. The average molecular weight is 340 g/mol. The third kappa shape index (κ3) is 3.32. The minimum Gasteiger partial charge on any atom is -0.507 e. The summed E-state index contributed by atoms with van der Waals surface area (Å²) < 4.78 is 0. The van der Waals surface area contributed by atoms with E-state index in [9.17, 15) is 9.90 Å². The molecule has 0 atom stereocenters. The number of carbonyl (C=O) groups is 1. The number of benzene rings is 1. The Morgan fingerprint density at radius 3 is 2.58 bits per heavy atom. The van der Waals surface area contributed by atoms with Crippen molar-refractivity contribution in [2.45, 2.75) is 47.0 Å². The predicted molar refractivity (Wildman–Crippen MR) is 101 cm³/mol. The molecule has 1 aliphatic rings. The summed E-state index contributed by atoms with van der Waals surface area (Å²) in [6, 6.07) is 3.50. The van der Waals surface area contributed by atoms with Gasteiger partial charge in [0, 0.05) is 10.4 Å². The summed E-state index contributed by atoms with van der Waals surface area (Å²) in [5, 5.41) is 12.1. The molecule has 0 spiro atoms. The van der Waals surface area contributed by atoms with Gasteiger partial charge in [0.2, 0.25) is 0 Å². The first-order chi connectivity index (χ1) is 11.3. The molecule has 0 saturated carbocycles. The molecule has 1 aromatic carbocycles. The Bertz CT molecular complexity index is 801. The van der Waals surface area contributed by atoms with Crippen LogP contribution in [0.15, 0.2) is 23.6 Å². The molecule has 0 radical (unpaired) electrons. The summed E-state index contributed by atoms with van der Waals surface area (Å²) in [5.74, 6) is 0.255. The number of fused-ring (bicyclic) bond motifs is 1. The van der Waals surface area contributed by atoms with E-state index in [0.29, 0.717) is 11.0 Å². The maximum absolute atomic E-state index is 12.5. The first kappa shape index (κ1) is 17.0. The highest BCUT2D eigenvalue weighted by molar-refractivity contribution is 7.11. The fourth-order valence-corrected chi connectivity index (χ4v) is 4.44. The van der Waals surface area contributed by atoms with Gasteiger partial charge in [0.15, 0.2) is 5.78 Å². The van der Waals surface area contributed by atoms with Gasteiger partial charge in [-0.25, -0.2) is 0 Å². The quantitative estimate of drug-likeness (QED) is 0.593. The second kappa shape index (κ2) is 6.21. The smallest absolute Gasteiger partial charge is 0.185 e. The molecule has 0 amide bonds. The summed E-state index contributed by atoms with van der Waals surface area (Å²) >= 11 is 1.73. The Kier molecular flexibility index (Phi) is 4.39. The highest BCUT2D eigenvalue weighted by atomic mass is 32.1. The molecule has 0 unspecified atom stereocenters. The number of ketones is 1. The van der Waals surface area contributed by atoms with Gasteiger partial charge in [-0.3, -0.25) is 4.79 Å². The van der Waals surface area contributed by atoms with Crippen LogP contribution >= 0.6 is 11.3 Å². The molecule has 3 rings (SSSR count). The van der Waals surface area contributed by atoms with Gasteiger partial charge in [-0.15, -0.1) is 11.3 Å². The molecule has 1 aliphatic carbocycles. The molecule has 2 nitrogen and oxygen atoms in total. The molecule has 1 heterocycles. The second-order valence-corrected chi connectivity index (χ2v) is 8.51. The number of hydrogen-bond donors (Lipinski definition) is 1. The van der Waals surface area contributed by atoms with Crippen molar-refractivity contribution in [1.82, 2.24) is 0 Å². The Labute approximate surface area is 147 Å². The average Bonchev–Trinajstić information content (AvgIpc) is 2.90. The van der Waals surface area contributed by atoms with E-state index in [0.717, 1.165) is 24.0 Å². The number of thiophene rings is 1. The number of phenolic OH excluding ortho intramolecular Hbond substituents is 1. The highest BCUT2D eigenvalue weighted by Gasteiger charge is 2.27. The molecule has 0 aliphatic heterocycles. The topological polar surface area (TPSA) is 37.3 Å². The van der Waals surface area contributed by atoms with Crippen LogP contribution in [0.3, 0.4) is 0 Å². The van der Waals surface area contributed by atoms with E-state index in [1.54, 1.807) is 29.5 Å². The molecule has 2 aromatic rings. The van der Waals surface area contributed by atoms with Crippen LogP contribution < -0.4 is 0 Å². The third-order valence-electron chi connectivity index (χ3n) is 4.90. The lowest BCUT2D eigenvalue weighted by Gasteiger charge is -2.29. The van der Waals surface area contributed by atoms with Crippen LogP contribution in [-0.2, 0) is 12.8 Å². The Morgan fingerprint density at radius 2 is 1.92 bits per heavy atom. The van der Waals surface area contributed by atoms with Crippen LogP contribution in [0.2, 0.25) is 0 Å². The molecule has 0 fully saturated rings. The van der Waals surface area contributed by atoms with Crippen molar-refractivity contribution in [1.29, 1.82) is 0 Å². The Hall–Kier alpha value is -1.87. The Morgan fingerprint density at radius 1 is 1.25 bits per heavy atom. The summed E-state index contributed by atoms with van der Waals surface area (Å²) in [6.07, 6.45) is 7.04. The van der Waals surface area contributed by atoms with Gasteiger partial charge in [-0.2, -0.15) is 0 Å². The normalized spacial score (nSPS) is 16.3. The van der Waals surface area contributed by atoms with Crippen LogP contribution in [0, 0.1) is 19.3 Å². The first-order valence-corrected chi connectivity index (χ1v) is 9.27. The van der Waals surface area contributed by atoms with Crippen molar-refractivity contribution < 1.29 is 9.90 Å². The first-order valence-electron chi connectivity index (χ1n) is 8.39. The van der Waals surface area contributed by atoms with Gasteiger partial charge in [0.1, 0.15) is 5.75 Å². The summed E-state index contributed by atoms with van der Waals surface area (Å²) in [7, 11) is 0. The number of aromatic hydroxyl groups is 1. The molecular weight excluding hydrogens is 316 g/mol. The lowest BCUT2D eigenvalue weighted by atomic mass is 9.75. The summed E-state index contributed by atoms with van der Waals surface area (Å²) in [5.41, 5.74) is 5.35. The summed E-state index contributed by atoms with van der Waals surface area (Å²) in [6.45, 7) is 8.28. The fraction of sp³-hybridized carbons (Fsp3) is 0.381. The van der Waals surface area contributed by atoms with E-state index in [-0.39, 0.29) is 11.5 Å². The lowest BCUT2D eigenvalue weighted by Crippen LogP contribution is -2.21. The third-order valence-corrected chi connectivity index (χ3v) is 5.93. The molecule has 0 bridgehead atoms. The van der Waals surface area contributed by atoms with Crippen molar-refractivity contribution in [3.05, 3.63) is 56.3 Å². The second-order valence-electron chi connectivity index (χ2n) is 7.60. The zero-order chi connectivity index (χ0) is 17.5. The standard InChI is InChI=1S/C21H24O2S/c1-13-9-15(10-14(2)20(13)23)18(22)5-6-19-17-7-8-21(3,4)11-16(17)12-24-19/h5-6,9-10,12,23H,7-8,11H2,1-4H3. The number of allylic oxidation sites excluding steroid dienone is 1. The van der Waals surface area contributed by atoms with Gasteiger partial charge in [-0.1, -0.05) is 13.8 Å². The van der Waals surface area contributed by atoms with Gasteiger partial charge in [-0.05, 0) is 90.4 Å². The van der Waals surface area contributed by atoms with Crippen LogP contribution in [-0.4, -0.2) is 10.9 Å². The largest absolute Gasteiger partial charge is 0.507 e. The van der Waals surface area contributed by atoms with E-state index in [2.05, 4.69) is 19.2 Å². The molecule has 1 aromatic heterocycles. The van der Waals surface area contributed by atoms with Crippen molar-refractivity contribution in [3.8, 4) is 5.75 Å². The predicted octanol–water partition coefficient (Wildman–Crippen LogP) is 5.48. The van der Waals surface area contributed by atoms with E-state index in [4.69, 9.17) is 0 Å². The van der Waals surface area contributed by atoms with Crippen LogP contribution in [0.4, 0.5) is 0 Å². The molecule has 3 heteroatoms. The zero-order valence-electron chi connectivity index (χ0n) is 14.8. The molecule has 0 saturated heterocycles. The number of phenols is 1. The SMILES string of the molecule is Cc1cc(C(=O)C=Cc2scc3c2CCC(C)(C)C3)cc(C)c1O. The van der Waals surface area contributed by atoms with E-state index < -0.39 is 0 Å². The minimum atomic E-state index is -0.0144. The molecule has 126 valence electrons. The number of rotatable bonds is 3. The van der Waals surface area contributed by atoms with Crippen molar-refractivity contribution in [2.75, 3.05) is 0 Å². The highest BCUT2D eigenvalue weighted by Crippen LogP contribution is 2.39. The zero-order valence-corrected chi connectivity index (χ0v) is 15.6. The van der Waals surface area contributed by atoms with Crippen LogP contribution in [0.25, 0.3) is 6.08 Å². The van der Waals surface area contributed by atoms with Gasteiger partial charge < -0.3 is 5.11 Å². The minimum absolute atomic E-state index is 0.0144. The van der Waals surface area contributed by atoms with Crippen molar-refractivity contribution in [2.24, 2.45) is 5.41 Å². The van der Waals surface area contributed by atoms with Crippen LogP contribution in [0.1, 0.15) is 57.8 Å². The number of aryl methyl sites for hydroxylation is 2. The van der Waals surface area contributed by atoms with E-state index in [1.807, 2.05) is 19.9 Å². The van der Waals surface area contributed by atoms with Crippen molar-refractivity contribution >= 4 is 23.2 Å². The van der Waals surface area contributed by atoms with Gasteiger partial charge in [0.05, 0.1) is 0 Å². The summed E-state index contributed by atoms with van der Waals surface area (Å²) in [4.78, 5) is 13.7. The molecular formula is C21H24O2S. The number of hydrogen-bond acceptors (Lipinski definition) is 3. The number of carbonyl (C=O) groups excluding carboxylic acids is 1. The van der Waals surface area contributed by atoms with E-state index in [1.165, 1.54) is 22.4 Å². The van der Waals surface area contributed by atoms with Gasteiger partial charge >= 0.3 is 0 Å². The maximum Gasteiger partial charge on any atom is 0.185 e. The lowest BCUT2D eigenvalue weighted by molar-refractivity contribution is 0.104. The van der Waals surface area contributed by atoms with Crippen molar-refractivity contribution in [3.63, 3.8) is 0 Å². The molecule has 1 N–H and O–H groups in total. The maximum atomic E-state index is 12.5. The van der Waals surface area contributed by atoms with E-state index >= 15 is 0 Å². The molecule has 24 heavy (non-hydrogen) atoms.